The number of halogens is 2. The molecule has 0 unspecified atom stereocenters. The molecule has 36 heavy (non-hydrogen) atoms. The number of esters is 1. The molecule has 0 amide bonds. The van der Waals surface area contributed by atoms with Gasteiger partial charge in [0.25, 0.3) is 5.56 Å². The van der Waals surface area contributed by atoms with E-state index in [9.17, 15) is 14.7 Å². The van der Waals surface area contributed by atoms with Gasteiger partial charge in [0.1, 0.15) is 17.5 Å². The molecule has 4 rings (SSSR count). The van der Waals surface area contributed by atoms with Crippen LogP contribution in [-0.2, 0) is 9.53 Å². The van der Waals surface area contributed by atoms with Gasteiger partial charge in [-0.05, 0) is 52.0 Å². The van der Waals surface area contributed by atoms with Gasteiger partial charge < -0.3 is 14.6 Å². The fourth-order valence-corrected chi connectivity index (χ4v) is 5.86. The smallest absolute Gasteiger partial charge is 0.338 e. The molecular formula is C26H24BrClN2O5S. The van der Waals surface area contributed by atoms with Crippen molar-refractivity contribution >= 4 is 50.9 Å². The summed E-state index contributed by atoms with van der Waals surface area (Å²) in [4.78, 5) is 31.9. The summed E-state index contributed by atoms with van der Waals surface area (Å²) in [6, 6.07) is 9.73. The van der Waals surface area contributed by atoms with E-state index in [0.717, 1.165) is 11.3 Å². The molecule has 0 spiro atoms. The minimum absolute atomic E-state index is 0.123. The first-order valence-corrected chi connectivity index (χ1v) is 13.2. The van der Waals surface area contributed by atoms with Gasteiger partial charge in [-0.25, -0.2) is 9.79 Å². The Labute approximate surface area is 225 Å². The number of aromatic nitrogens is 1. The zero-order valence-electron chi connectivity index (χ0n) is 20.0. The van der Waals surface area contributed by atoms with Crippen LogP contribution in [0.25, 0.3) is 6.08 Å². The van der Waals surface area contributed by atoms with E-state index in [1.807, 2.05) is 38.1 Å². The Balaban J connectivity index is 2.01. The zero-order valence-corrected chi connectivity index (χ0v) is 23.2. The van der Waals surface area contributed by atoms with Gasteiger partial charge in [-0.1, -0.05) is 57.1 Å². The molecule has 1 atom stereocenters. The molecular weight excluding hydrogens is 568 g/mol. The van der Waals surface area contributed by atoms with Crippen molar-refractivity contribution in [3.05, 3.63) is 88.0 Å². The number of hydrogen-bond donors (Lipinski definition) is 1. The predicted octanol–water partition coefficient (Wildman–Crippen LogP) is 4.71. The Bertz CT molecular complexity index is 1560. The van der Waals surface area contributed by atoms with Gasteiger partial charge in [0.05, 0.1) is 33.5 Å². The number of nitrogens with zero attached hydrogens (tertiary/aromatic N) is 2. The van der Waals surface area contributed by atoms with Crippen molar-refractivity contribution in [2.45, 2.75) is 39.8 Å². The number of benzene rings is 2. The maximum atomic E-state index is 13.8. The van der Waals surface area contributed by atoms with Crippen LogP contribution >= 0.6 is 38.9 Å². The first kappa shape index (κ1) is 26.2. The average Bonchev–Trinajstić information content (AvgIpc) is 3.11. The Morgan fingerprint density at radius 3 is 2.75 bits per heavy atom. The quantitative estimate of drug-likeness (QED) is 0.420. The average molecular weight is 592 g/mol. The molecule has 7 nitrogen and oxygen atoms in total. The highest BCUT2D eigenvalue weighted by Gasteiger charge is 2.35. The van der Waals surface area contributed by atoms with Crippen LogP contribution in [0.15, 0.2) is 61.9 Å². The Kier molecular flexibility index (Phi) is 7.73. The molecule has 1 aliphatic heterocycles. The van der Waals surface area contributed by atoms with Crippen LogP contribution in [0.1, 0.15) is 44.9 Å². The summed E-state index contributed by atoms with van der Waals surface area (Å²) in [6.07, 6.45) is 1.44. The highest BCUT2D eigenvalue weighted by molar-refractivity contribution is 9.10. The van der Waals surface area contributed by atoms with E-state index in [4.69, 9.17) is 21.1 Å². The van der Waals surface area contributed by atoms with Gasteiger partial charge in [-0.3, -0.25) is 9.36 Å². The van der Waals surface area contributed by atoms with E-state index in [1.54, 1.807) is 32.1 Å². The summed E-state index contributed by atoms with van der Waals surface area (Å²) < 4.78 is 13.9. The lowest BCUT2D eigenvalue weighted by Gasteiger charge is -2.26. The number of aromatic hydroxyl groups is 1. The molecule has 0 aliphatic carbocycles. The number of phenols is 1. The fraction of sp³-hybridized carbons (Fsp3) is 0.269. The van der Waals surface area contributed by atoms with Crippen molar-refractivity contribution in [2.24, 2.45) is 4.99 Å². The lowest BCUT2D eigenvalue weighted by molar-refractivity contribution is -0.139. The van der Waals surface area contributed by atoms with E-state index >= 15 is 0 Å². The minimum Gasteiger partial charge on any atom is -0.506 e. The second kappa shape index (κ2) is 10.6. The summed E-state index contributed by atoms with van der Waals surface area (Å²) >= 11 is 10.6. The lowest BCUT2D eigenvalue weighted by Crippen LogP contribution is -2.40. The second-order valence-corrected chi connectivity index (χ2v) is 10.7. The summed E-state index contributed by atoms with van der Waals surface area (Å²) in [7, 11) is 0. The molecule has 188 valence electrons. The lowest BCUT2D eigenvalue weighted by atomic mass is 9.95. The molecule has 0 saturated carbocycles. The number of fused-ring (bicyclic) bond motifs is 1. The topological polar surface area (TPSA) is 90.1 Å². The second-order valence-electron chi connectivity index (χ2n) is 8.33. The van der Waals surface area contributed by atoms with E-state index in [2.05, 4.69) is 20.9 Å². The molecule has 1 aromatic heterocycles. The van der Waals surface area contributed by atoms with Crippen molar-refractivity contribution in [3.63, 3.8) is 0 Å². The number of thiazole rings is 1. The maximum absolute atomic E-state index is 13.8. The van der Waals surface area contributed by atoms with Crippen LogP contribution in [0.2, 0.25) is 5.02 Å². The molecule has 0 radical (unpaired) electrons. The molecule has 3 aromatic rings. The number of carbonyl (C=O) groups excluding carboxylic acids is 1. The standard InChI is InChI=1S/C26H24BrClN2O5S/c1-5-34-25(33)21-14(4)29-26-30(22(21)17-8-6-7-9-19(17)35-13(2)3)24(32)20(36-26)11-15-10-16(27)12-18(28)23(15)31/h6-13,22,31H,5H2,1-4H3/b20-11-/t22-/m0/s1. The fourth-order valence-electron chi connectivity index (χ4n) is 3.99. The van der Waals surface area contributed by atoms with Gasteiger partial charge in [-0.2, -0.15) is 0 Å². The van der Waals surface area contributed by atoms with E-state index in [1.165, 1.54) is 4.57 Å². The number of phenolic OH excluding ortho intramolecular Hbond substituents is 1. The summed E-state index contributed by atoms with van der Waals surface area (Å²) in [5, 5.41) is 10.6. The van der Waals surface area contributed by atoms with Crippen molar-refractivity contribution < 1.29 is 19.4 Å². The molecule has 10 heteroatoms. The largest absolute Gasteiger partial charge is 0.506 e. The molecule has 1 aliphatic rings. The Hall–Kier alpha value is -2.88. The van der Waals surface area contributed by atoms with Gasteiger partial charge >= 0.3 is 5.97 Å². The Morgan fingerprint density at radius 2 is 2.06 bits per heavy atom. The van der Waals surface area contributed by atoms with Crippen LogP contribution in [0, 0.1) is 0 Å². The van der Waals surface area contributed by atoms with Crippen molar-refractivity contribution in [1.29, 1.82) is 0 Å². The SMILES string of the molecule is CCOC(=O)C1=C(C)N=c2s/c(=C\c3cc(Br)cc(Cl)c3O)c(=O)n2[C@H]1c1ccccc1OC(C)C. The zero-order chi connectivity index (χ0) is 26.1. The number of carbonyl (C=O) groups is 1. The third-order valence-corrected chi connectivity index (χ3v) is 7.17. The van der Waals surface area contributed by atoms with E-state index in [0.29, 0.717) is 36.4 Å². The van der Waals surface area contributed by atoms with Gasteiger partial charge in [0, 0.05) is 15.6 Å². The normalized spacial score (nSPS) is 15.6. The predicted molar refractivity (Wildman–Crippen MR) is 143 cm³/mol. The van der Waals surface area contributed by atoms with Crippen LogP contribution in [-0.4, -0.2) is 28.4 Å². The number of rotatable bonds is 6. The first-order chi connectivity index (χ1) is 17.1. The van der Waals surface area contributed by atoms with Crippen LogP contribution in [0.5, 0.6) is 11.5 Å². The highest BCUT2D eigenvalue weighted by Crippen LogP contribution is 2.36. The summed E-state index contributed by atoms with van der Waals surface area (Å²) in [5.41, 5.74) is 1.38. The third-order valence-electron chi connectivity index (χ3n) is 5.44. The molecule has 2 heterocycles. The maximum Gasteiger partial charge on any atom is 0.338 e. The number of para-hydroxylation sites is 1. The molecule has 0 saturated heterocycles. The van der Waals surface area contributed by atoms with E-state index in [-0.39, 0.29) is 34.6 Å². The molecule has 0 fully saturated rings. The van der Waals surface area contributed by atoms with Gasteiger partial charge in [-0.15, -0.1) is 0 Å². The number of hydrogen-bond acceptors (Lipinski definition) is 7. The van der Waals surface area contributed by atoms with Crippen molar-refractivity contribution in [3.8, 4) is 11.5 Å². The van der Waals surface area contributed by atoms with E-state index < -0.39 is 12.0 Å². The van der Waals surface area contributed by atoms with Crippen molar-refractivity contribution in [1.82, 2.24) is 4.57 Å². The molecule has 1 N–H and O–H groups in total. The van der Waals surface area contributed by atoms with Gasteiger partial charge in [0.15, 0.2) is 4.80 Å². The van der Waals surface area contributed by atoms with Crippen LogP contribution < -0.4 is 19.6 Å². The highest BCUT2D eigenvalue weighted by atomic mass is 79.9. The molecule has 2 aromatic carbocycles. The Morgan fingerprint density at radius 1 is 1.33 bits per heavy atom. The monoisotopic (exact) mass is 590 g/mol. The van der Waals surface area contributed by atoms with Crippen LogP contribution in [0.3, 0.4) is 0 Å². The van der Waals surface area contributed by atoms with Gasteiger partial charge in [0.2, 0.25) is 0 Å². The summed E-state index contributed by atoms with van der Waals surface area (Å²) in [6.45, 7) is 7.45. The van der Waals surface area contributed by atoms with Crippen molar-refractivity contribution in [2.75, 3.05) is 6.61 Å². The summed E-state index contributed by atoms with van der Waals surface area (Å²) in [5.74, 6) is -0.130. The first-order valence-electron chi connectivity index (χ1n) is 11.3. The minimum atomic E-state index is -0.808. The molecule has 0 bridgehead atoms. The number of ether oxygens (including phenoxy) is 2. The van der Waals surface area contributed by atoms with Crippen LogP contribution in [0.4, 0.5) is 0 Å². The third kappa shape index (κ3) is 5.00. The number of allylic oxidation sites excluding steroid dienone is 1.